The molecule has 1 aliphatic rings. The lowest BCUT2D eigenvalue weighted by Crippen LogP contribution is -2.43. The molecule has 1 fully saturated rings. The van der Waals surface area contributed by atoms with Crippen molar-refractivity contribution in [3.63, 3.8) is 0 Å². The van der Waals surface area contributed by atoms with E-state index < -0.39 is 0 Å². The molecule has 0 atom stereocenters. The predicted octanol–water partition coefficient (Wildman–Crippen LogP) is 3.53. The molecule has 0 saturated heterocycles. The van der Waals surface area contributed by atoms with Gasteiger partial charge >= 0.3 is 0 Å². The standard InChI is InChI=1S/C19H28N2O2/c1-13(2)17-11-7-8-14(3)19(17)21(15(4)22)12-18(23)20-16-9-5-6-10-16/h7-8,11,13,16H,5-6,9-10,12H2,1-4H3,(H,20,23). The third-order valence-corrected chi connectivity index (χ3v) is 4.56. The minimum absolute atomic E-state index is 0.0648. The zero-order chi connectivity index (χ0) is 17.0. The van der Waals surface area contributed by atoms with Crippen molar-refractivity contribution in [1.29, 1.82) is 0 Å². The van der Waals surface area contributed by atoms with Gasteiger partial charge in [-0.25, -0.2) is 0 Å². The van der Waals surface area contributed by atoms with Crippen LogP contribution in [0.4, 0.5) is 5.69 Å². The third kappa shape index (κ3) is 4.34. The summed E-state index contributed by atoms with van der Waals surface area (Å²) >= 11 is 0. The Morgan fingerprint density at radius 3 is 2.48 bits per heavy atom. The lowest BCUT2D eigenvalue weighted by atomic mass is 9.97. The number of hydrogen-bond acceptors (Lipinski definition) is 2. The molecule has 126 valence electrons. The van der Waals surface area contributed by atoms with Gasteiger partial charge in [0.25, 0.3) is 0 Å². The van der Waals surface area contributed by atoms with Gasteiger partial charge < -0.3 is 10.2 Å². The van der Waals surface area contributed by atoms with Crippen LogP contribution in [0.2, 0.25) is 0 Å². The Morgan fingerprint density at radius 2 is 1.91 bits per heavy atom. The van der Waals surface area contributed by atoms with Crippen LogP contribution in [-0.4, -0.2) is 24.4 Å². The number of aryl methyl sites for hydroxylation is 1. The van der Waals surface area contributed by atoms with Crippen molar-refractivity contribution in [2.24, 2.45) is 0 Å². The molecule has 0 spiro atoms. The number of rotatable bonds is 5. The fraction of sp³-hybridized carbons (Fsp3) is 0.579. The molecule has 4 nitrogen and oxygen atoms in total. The van der Waals surface area contributed by atoms with Crippen molar-refractivity contribution in [2.75, 3.05) is 11.4 Å². The van der Waals surface area contributed by atoms with E-state index in [0.717, 1.165) is 29.7 Å². The van der Waals surface area contributed by atoms with E-state index >= 15 is 0 Å². The Kier molecular flexibility index (Phi) is 5.80. The SMILES string of the molecule is CC(=O)N(CC(=O)NC1CCCC1)c1c(C)cccc1C(C)C. The molecule has 1 aromatic rings. The first-order valence-corrected chi connectivity index (χ1v) is 8.57. The van der Waals surface area contributed by atoms with E-state index in [4.69, 9.17) is 0 Å². The molecule has 0 heterocycles. The fourth-order valence-electron chi connectivity index (χ4n) is 3.35. The second-order valence-electron chi connectivity index (χ2n) is 6.82. The number of anilines is 1. The smallest absolute Gasteiger partial charge is 0.240 e. The highest BCUT2D eigenvalue weighted by atomic mass is 16.2. The number of amides is 2. The molecular weight excluding hydrogens is 288 g/mol. The molecule has 4 heteroatoms. The van der Waals surface area contributed by atoms with Crippen LogP contribution < -0.4 is 10.2 Å². The van der Waals surface area contributed by atoms with Gasteiger partial charge in [0, 0.05) is 13.0 Å². The van der Waals surface area contributed by atoms with Crippen molar-refractivity contribution in [3.05, 3.63) is 29.3 Å². The van der Waals surface area contributed by atoms with Gasteiger partial charge in [0.05, 0.1) is 5.69 Å². The Hall–Kier alpha value is -1.84. The first-order valence-electron chi connectivity index (χ1n) is 8.57. The summed E-state index contributed by atoms with van der Waals surface area (Å²) in [6.07, 6.45) is 4.45. The second kappa shape index (κ2) is 7.62. The highest BCUT2D eigenvalue weighted by Gasteiger charge is 2.23. The van der Waals surface area contributed by atoms with Crippen LogP contribution in [0.3, 0.4) is 0 Å². The summed E-state index contributed by atoms with van der Waals surface area (Å²) in [5.41, 5.74) is 3.02. The maximum absolute atomic E-state index is 12.4. The molecule has 1 aliphatic carbocycles. The van der Waals surface area contributed by atoms with Gasteiger partial charge in [-0.05, 0) is 36.8 Å². The van der Waals surface area contributed by atoms with Crippen molar-refractivity contribution in [3.8, 4) is 0 Å². The second-order valence-corrected chi connectivity index (χ2v) is 6.82. The molecule has 23 heavy (non-hydrogen) atoms. The van der Waals surface area contributed by atoms with Crippen LogP contribution in [0, 0.1) is 6.92 Å². The van der Waals surface area contributed by atoms with Gasteiger partial charge in [-0.3, -0.25) is 9.59 Å². The molecule has 0 unspecified atom stereocenters. The Balaban J connectivity index is 2.21. The molecular formula is C19H28N2O2. The first-order chi connectivity index (χ1) is 10.9. The summed E-state index contributed by atoms with van der Waals surface area (Å²) in [4.78, 5) is 26.2. The minimum Gasteiger partial charge on any atom is -0.352 e. The predicted molar refractivity (Wildman–Crippen MR) is 93.7 cm³/mol. The maximum atomic E-state index is 12.4. The van der Waals surface area contributed by atoms with Crippen LogP contribution in [0.5, 0.6) is 0 Å². The van der Waals surface area contributed by atoms with Gasteiger partial charge in [0.1, 0.15) is 6.54 Å². The third-order valence-electron chi connectivity index (χ3n) is 4.56. The number of nitrogens with one attached hydrogen (secondary N) is 1. The number of benzene rings is 1. The Labute approximate surface area is 139 Å². The van der Waals surface area contributed by atoms with E-state index in [1.54, 1.807) is 4.90 Å². The lowest BCUT2D eigenvalue weighted by Gasteiger charge is -2.27. The Bertz CT molecular complexity index is 575. The summed E-state index contributed by atoms with van der Waals surface area (Å²) in [5.74, 6) is 0.137. The normalized spacial score (nSPS) is 15.0. The van der Waals surface area contributed by atoms with Gasteiger partial charge in [-0.1, -0.05) is 44.9 Å². The van der Waals surface area contributed by atoms with E-state index in [9.17, 15) is 9.59 Å². The van der Waals surface area contributed by atoms with Gasteiger partial charge in [0.2, 0.25) is 11.8 Å². The number of carbonyl (C=O) groups excluding carboxylic acids is 2. The zero-order valence-electron chi connectivity index (χ0n) is 14.7. The summed E-state index contributed by atoms with van der Waals surface area (Å²) in [6, 6.07) is 6.31. The molecule has 1 saturated carbocycles. The summed E-state index contributed by atoms with van der Waals surface area (Å²) in [6.45, 7) is 7.83. The minimum atomic E-state index is -0.0947. The number of para-hydroxylation sites is 1. The van der Waals surface area contributed by atoms with Crippen LogP contribution >= 0.6 is 0 Å². The van der Waals surface area contributed by atoms with Crippen molar-refractivity contribution >= 4 is 17.5 Å². The van der Waals surface area contributed by atoms with Crippen molar-refractivity contribution in [1.82, 2.24) is 5.32 Å². The highest BCUT2D eigenvalue weighted by Crippen LogP contribution is 2.31. The average Bonchev–Trinajstić information content (AvgIpc) is 2.97. The van der Waals surface area contributed by atoms with Gasteiger partial charge in [-0.2, -0.15) is 0 Å². The highest BCUT2D eigenvalue weighted by molar-refractivity contribution is 5.98. The number of hydrogen-bond donors (Lipinski definition) is 1. The molecule has 0 aromatic heterocycles. The maximum Gasteiger partial charge on any atom is 0.240 e. The molecule has 2 rings (SSSR count). The monoisotopic (exact) mass is 316 g/mol. The van der Waals surface area contributed by atoms with Crippen LogP contribution in [0.15, 0.2) is 18.2 Å². The largest absolute Gasteiger partial charge is 0.352 e. The zero-order valence-corrected chi connectivity index (χ0v) is 14.7. The number of carbonyl (C=O) groups is 2. The quantitative estimate of drug-likeness (QED) is 0.903. The Morgan fingerprint density at radius 1 is 1.26 bits per heavy atom. The first kappa shape index (κ1) is 17.5. The van der Waals surface area contributed by atoms with Crippen molar-refractivity contribution in [2.45, 2.75) is 65.3 Å². The van der Waals surface area contributed by atoms with E-state index in [-0.39, 0.29) is 24.4 Å². The molecule has 0 radical (unpaired) electrons. The molecule has 1 N–H and O–H groups in total. The van der Waals surface area contributed by atoms with Crippen LogP contribution in [0.25, 0.3) is 0 Å². The van der Waals surface area contributed by atoms with Crippen LogP contribution in [0.1, 0.15) is 63.5 Å². The van der Waals surface area contributed by atoms with E-state index in [1.807, 2.05) is 25.1 Å². The van der Waals surface area contributed by atoms with E-state index in [1.165, 1.54) is 19.8 Å². The summed E-state index contributed by atoms with van der Waals surface area (Å²) in [7, 11) is 0. The van der Waals surface area contributed by atoms with Crippen LogP contribution in [-0.2, 0) is 9.59 Å². The topological polar surface area (TPSA) is 49.4 Å². The van der Waals surface area contributed by atoms with E-state index in [2.05, 4.69) is 19.2 Å². The summed E-state index contributed by atoms with van der Waals surface area (Å²) in [5, 5.41) is 3.07. The van der Waals surface area contributed by atoms with E-state index in [0.29, 0.717) is 5.92 Å². The molecule has 1 aromatic carbocycles. The summed E-state index contributed by atoms with van der Waals surface area (Å²) < 4.78 is 0. The lowest BCUT2D eigenvalue weighted by molar-refractivity contribution is -0.123. The fourth-order valence-corrected chi connectivity index (χ4v) is 3.35. The molecule has 2 amide bonds. The number of nitrogens with zero attached hydrogens (tertiary/aromatic N) is 1. The average molecular weight is 316 g/mol. The van der Waals surface area contributed by atoms with Crippen molar-refractivity contribution < 1.29 is 9.59 Å². The molecule has 0 bridgehead atoms. The molecule has 0 aliphatic heterocycles. The van der Waals surface area contributed by atoms with Gasteiger partial charge in [-0.15, -0.1) is 0 Å². The van der Waals surface area contributed by atoms with Gasteiger partial charge in [0.15, 0.2) is 0 Å².